The van der Waals surface area contributed by atoms with Gasteiger partial charge in [-0.2, -0.15) is 0 Å². The molecule has 0 atom stereocenters. The first-order chi connectivity index (χ1) is 11.6. The molecule has 7 nitrogen and oxygen atoms in total. The highest BCUT2D eigenvalue weighted by molar-refractivity contribution is 7.99. The molecule has 0 spiro atoms. The number of carbonyl (C=O) groups excluding carboxylic acids is 1. The molecule has 1 aliphatic carbocycles. The highest BCUT2D eigenvalue weighted by atomic mass is 32.2. The first-order valence-electron chi connectivity index (χ1n) is 7.99. The van der Waals surface area contributed by atoms with E-state index >= 15 is 0 Å². The van der Waals surface area contributed by atoms with Gasteiger partial charge in [0.05, 0.1) is 17.6 Å². The lowest BCUT2D eigenvalue weighted by atomic mass is 10.2. The van der Waals surface area contributed by atoms with Gasteiger partial charge in [0, 0.05) is 12.2 Å². The number of carbonyl (C=O) groups is 1. The largest absolute Gasteiger partial charge is 0.469 e. The second-order valence-electron chi connectivity index (χ2n) is 5.58. The van der Waals surface area contributed by atoms with Crippen LogP contribution in [0.2, 0.25) is 0 Å². The van der Waals surface area contributed by atoms with Crippen LogP contribution >= 0.6 is 11.8 Å². The van der Waals surface area contributed by atoms with Crippen molar-refractivity contribution in [3.05, 3.63) is 29.9 Å². The summed E-state index contributed by atoms with van der Waals surface area (Å²) in [6.45, 7) is 4.52. The smallest absolute Gasteiger partial charge is 0.237 e. The van der Waals surface area contributed by atoms with Gasteiger partial charge in [-0.05, 0) is 39.2 Å². The van der Waals surface area contributed by atoms with Crippen LogP contribution in [0.15, 0.2) is 33.7 Å². The van der Waals surface area contributed by atoms with Crippen molar-refractivity contribution in [1.29, 1.82) is 0 Å². The summed E-state index contributed by atoms with van der Waals surface area (Å²) in [6.07, 6.45) is 6.89. The fourth-order valence-electron chi connectivity index (χ4n) is 2.82. The molecule has 2 aromatic heterocycles. The molecular formula is C16H21N5O2S. The van der Waals surface area contributed by atoms with Crippen LogP contribution in [0.1, 0.15) is 31.9 Å². The normalized spacial score (nSPS) is 14.0. The van der Waals surface area contributed by atoms with Gasteiger partial charge in [-0.15, -0.1) is 10.2 Å². The van der Waals surface area contributed by atoms with E-state index in [-0.39, 0.29) is 11.7 Å². The van der Waals surface area contributed by atoms with Crippen LogP contribution < -0.4 is 5.84 Å². The molecule has 0 bridgehead atoms. The van der Waals surface area contributed by atoms with Crippen LogP contribution in [0.25, 0.3) is 11.4 Å². The Kier molecular flexibility index (Phi) is 4.94. The Balaban J connectivity index is 1.68. The summed E-state index contributed by atoms with van der Waals surface area (Å²) < 4.78 is 6.68. The van der Waals surface area contributed by atoms with Crippen molar-refractivity contribution < 1.29 is 9.21 Å². The van der Waals surface area contributed by atoms with Gasteiger partial charge < -0.3 is 15.2 Å². The van der Waals surface area contributed by atoms with Crippen molar-refractivity contribution in [2.45, 2.75) is 38.3 Å². The molecule has 128 valence electrons. The van der Waals surface area contributed by atoms with Crippen LogP contribution in [0.5, 0.6) is 0 Å². The number of thioether (sulfide) groups is 1. The molecule has 0 saturated heterocycles. The van der Waals surface area contributed by atoms with Crippen molar-refractivity contribution in [3.63, 3.8) is 0 Å². The van der Waals surface area contributed by atoms with Gasteiger partial charge in [-0.1, -0.05) is 17.8 Å². The van der Waals surface area contributed by atoms with Gasteiger partial charge in [-0.3, -0.25) is 4.79 Å². The number of hydrogen-bond donors (Lipinski definition) is 1. The lowest BCUT2D eigenvalue weighted by Crippen LogP contribution is -2.31. The van der Waals surface area contributed by atoms with E-state index < -0.39 is 0 Å². The van der Waals surface area contributed by atoms with Gasteiger partial charge in [0.2, 0.25) is 11.1 Å². The molecular weight excluding hydrogens is 326 g/mol. The highest BCUT2D eigenvalue weighted by Gasteiger charge is 2.21. The first kappa shape index (κ1) is 16.6. The Morgan fingerprint density at radius 3 is 2.96 bits per heavy atom. The van der Waals surface area contributed by atoms with Crippen LogP contribution in [0, 0.1) is 6.92 Å². The summed E-state index contributed by atoms with van der Waals surface area (Å²) in [5, 5.41) is 8.71. The Morgan fingerprint density at radius 2 is 2.33 bits per heavy atom. The summed E-state index contributed by atoms with van der Waals surface area (Å²) >= 11 is 1.30. The number of rotatable bonds is 6. The maximum atomic E-state index is 12.5. The first-order valence-corrected chi connectivity index (χ1v) is 8.97. The minimum absolute atomic E-state index is 0.0692. The molecule has 24 heavy (non-hydrogen) atoms. The summed E-state index contributed by atoms with van der Waals surface area (Å²) in [5.41, 5.74) is 1.93. The fourth-order valence-corrected chi connectivity index (χ4v) is 3.55. The molecule has 3 rings (SSSR count). The minimum Gasteiger partial charge on any atom is -0.469 e. The van der Waals surface area contributed by atoms with Gasteiger partial charge in [0.15, 0.2) is 5.82 Å². The van der Waals surface area contributed by atoms with Gasteiger partial charge in [0.25, 0.3) is 0 Å². The molecule has 0 saturated carbocycles. The third-order valence-corrected chi connectivity index (χ3v) is 5.00. The monoisotopic (exact) mass is 347 g/mol. The second kappa shape index (κ2) is 7.12. The molecule has 0 aliphatic heterocycles. The number of nitrogen functional groups attached to an aromatic ring is 1. The van der Waals surface area contributed by atoms with E-state index in [9.17, 15) is 4.79 Å². The third-order valence-electron chi connectivity index (χ3n) is 4.07. The third kappa shape index (κ3) is 3.19. The fraction of sp³-hybridized carbons (Fsp3) is 0.438. The number of aromatic nitrogens is 3. The molecule has 0 unspecified atom stereocenters. The van der Waals surface area contributed by atoms with Gasteiger partial charge >= 0.3 is 0 Å². The van der Waals surface area contributed by atoms with Crippen molar-refractivity contribution in [2.75, 3.05) is 18.1 Å². The average molecular weight is 347 g/mol. The lowest BCUT2D eigenvalue weighted by Gasteiger charge is -2.21. The Morgan fingerprint density at radius 1 is 1.50 bits per heavy atom. The van der Waals surface area contributed by atoms with Crippen molar-refractivity contribution in [3.8, 4) is 11.4 Å². The van der Waals surface area contributed by atoms with Gasteiger partial charge in [0.1, 0.15) is 5.76 Å². The molecule has 0 fully saturated rings. The number of aryl methyl sites for hydroxylation is 1. The zero-order chi connectivity index (χ0) is 17.1. The second-order valence-corrected chi connectivity index (χ2v) is 6.52. The molecule has 1 amide bonds. The van der Waals surface area contributed by atoms with Crippen LogP contribution in [-0.2, 0) is 4.79 Å². The number of nitrogens with zero attached hydrogens (tertiary/aromatic N) is 4. The average Bonchev–Trinajstić information content (AvgIpc) is 3.29. The summed E-state index contributed by atoms with van der Waals surface area (Å²) in [4.78, 5) is 14.3. The quantitative estimate of drug-likeness (QED) is 0.638. The van der Waals surface area contributed by atoms with E-state index in [4.69, 9.17) is 10.3 Å². The number of allylic oxidation sites excluding steroid dienone is 2. The summed E-state index contributed by atoms with van der Waals surface area (Å²) in [5.74, 6) is 7.68. The molecule has 1 aliphatic rings. The Bertz CT molecular complexity index is 764. The number of furan rings is 1. The molecule has 8 heteroatoms. The standard InChI is InChI=1S/C16H21N5O2S/c1-3-20(12-6-4-5-7-12)14(22)10-24-16-19-18-15(21(16)17)13-8-9-23-11(13)2/h6,8-9H,3-5,7,10,17H2,1-2H3. The highest BCUT2D eigenvalue weighted by Crippen LogP contribution is 2.26. The van der Waals surface area contributed by atoms with E-state index in [2.05, 4.69) is 16.3 Å². The van der Waals surface area contributed by atoms with E-state index in [1.54, 1.807) is 12.3 Å². The molecule has 2 N–H and O–H groups in total. The maximum Gasteiger partial charge on any atom is 0.237 e. The predicted octanol–water partition coefficient (Wildman–Crippen LogP) is 2.57. The SMILES string of the molecule is CCN(C(=O)CSc1nnc(-c2ccoc2C)n1N)C1=CCCC1. The zero-order valence-electron chi connectivity index (χ0n) is 13.9. The van der Waals surface area contributed by atoms with Crippen molar-refractivity contribution in [2.24, 2.45) is 0 Å². The molecule has 2 heterocycles. The van der Waals surface area contributed by atoms with E-state index in [0.29, 0.717) is 17.5 Å². The van der Waals surface area contributed by atoms with Crippen LogP contribution in [-0.4, -0.2) is 38.0 Å². The molecule has 0 aromatic carbocycles. The van der Waals surface area contributed by atoms with E-state index in [0.717, 1.165) is 36.3 Å². The number of nitrogens with two attached hydrogens (primary N) is 1. The molecule has 2 aromatic rings. The van der Waals surface area contributed by atoms with Crippen molar-refractivity contribution in [1.82, 2.24) is 19.8 Å². The van der Waals surface area contributed by atoms with E-state index in [1.165, 1.54) is 16.4 Å². The van der Waals surface area contributed by atoms with E-state index in [1.807, 2.05) is 18.7 Å². The van der Waals surface area contributed by atoms with Crippen LogP contribution in [0.3, 0.4) is 0 Å². The number of hydrogen-bond acceptors (Lipinski definition) is 6. The minimum atomic E-state index is 0.0692. The maximum absolute atomic E-state index is 12.5. The van der Waals surface area contributed by atoms with Crippen LogP contribution in [0.4, 0.5) is 0 Å². The Labute approximate surface area is 144 Å². The predicted molar refractivity (Wildman–Crippen MR) is 92.7 cm³/mol. The lowest BCUT2D eigenvalue weighted by molar-refractivity contribution is -0.126. The summed E-state index contributed by atoms with van der Waals surface area (Å²) in [7, 11) is 0. The zero-order valence-corrected chi connectivity index (χ0v) is 14.7. The number of amides is 1. The topological polar surface area (TPSA) is 90.2 Å². The summed E-state index contributed by atoms with van der Waals surface area (Å²) in [6, 6.07) is 1.80. The molecule has 0 radical (unpaired) electrons. The Hall–Kier alpha value is -2.22. The van der Waals surface area contributed by atoms with Crippen molar-refractivity contribution >= 4 is 17.7 Å². The van der Waals surface area contributed by atoms with Gasteiger partial charge in [-0.25, -0.2) is 4.68 Å².